The van der Waals surface area contributed by atoms with Gasteiger partial charge in [0, 0.05) is 29.5 Å². The normalized spacial score (nSPS) is 13.9. The molecule has 0 fully saturated rings. The third-order valence-electron chi connectivity index (χ3n) is 3.88. The molecule has 0 aromatic carbocycles. The molecule has 0 saturated carbocycles. The summed E-state index contributed by atoms with van der Waals surface area (Å²) in [6, 6.07) is 2.01. The number of rotatable bonds is 4. The molecule has 0 saturated heterocycles. The number of nitrogens with zero attached hydrogens (tertiary/aromatic N) is 3. The number of imidazole rings is 1. The van der Waals surface area contributed by atoms with Crippen molar-refractivity contribution < 1.29 is 0 Å². The first-order chi connectivity index (χ1) is 9.32. The number of halogens is 2. The van der Waals surface area contributed by atoms with Gasteiger partial charge in [-0.2, -0.15) is 0 Å². The molecule has 2 rings (SSSR count). The molecule has 110 valence electrons. The molecule has 0 aliphatic carbocycles. The second-order valence-electron chi connectivity index (χ2n) is 6.34. The Morgan fingerprint density at radius 3 is 2.70 bits per heavy atom. The van der Waals surface area contributed by atoms with Gasteiger partial charge in [-0.05, 0) is 33.3 Å². The highest BCUT2D eigenvalue weighted by Gasteiger charge is 2.23. The molecule has 0 radical (unpaired) electrons. The van der Waals surface area contributed by atoms with Crippen molar-refractivity contribution in [2.75, 3.05) is 5.88 Å². The molecule has 0 N–H and O–H groups in total. The van der Waals surface area contributed by atoms with Crippen LogP contribution in [0.3, 0.4) is 0 Å². The van der Waals surface area contributed by atoms with Gasteiger partial charge in [0.25, 0.3) is 0 Å². The maximum atomic E-state index is 5.91. The Morgan fingerprint density at radius 2 is 2.10 bits per heavy atom. The number of alkyl halides is 1. The van der Waals surface area contributed by atoms with Crippen molar-refractivity contribution in [2.24, 2.45) is 11.3 Å². The van der Waals surface area contributed by atoms with E-state index in [0.717, 1.165) is 34.4 Å². The summed E-state index contributed by atoms with van der Waals surface area (Å²) < 4.78 is 3.18. The van der Waals surface area contributed by atoms with E-state index in [1.807, 2.05) is 12.3 Å². The van der Waals surface area contributed by atoms with Crippen LogP contribution in [0.4, 0.5) is 0 Å². The van der Waals surface area contributed by atoms with E-state index in [9.17, 15) is 0 Å². The van der Waals surface area contributed by atoms with Crippen LogP contribution in [-0.2, 0) is 13.0 Å². The Balaban J connectivity index is 2.46. The molecule has 0 amide bonds. The monoisotopic (exact) mass is 357 g/mol. The van der Waals surface area contributed by atoms with Gasteiger partial charge in [0.05, 0.1) is 0 Å². The van der Waals surface area contributed by atoms with E-state index in [0.29, 0.717) is 11.8 Å². The predicted molar refractivity (Wildman–Crippen MR) is 88.3 cm³/mol. The van der Waals surface area contributed by atoms with Gasteiger partial charge in [-0.25, -0.2) is 9.97 Å². The lowest BCUT2D eigenvalue weighted by Crippen LogP contribution is -2.23. The van der Waals surface area contributed by atoms with E-state index in [1.54, 1.807) is 0 Å². The van der Waals surface area contributed by atoms with Gasteiger partial charge >= 0.3 is 0 Å². The number of aromatic nitrogens is 3. The molecule has 0 aliphatic heterocycles. The average Bonchev–Trinajstić information content (AvgIpc) is 2.66. The van der Waals surface area contributed by atoms with E-state index in [-0.39, 0.29) is 5.41 Å². The second kappa shape index (κ2) is 6.02. The molecule has 1 unspecified atom stereocenters. The summed E-state index contributed by atoms with van der Waals surface area (Å²) in [5, 5.41) is 0. The second-order valence-corrected chi connectivity index (χ2v) is 7.63. The minimum absolute atomic E-state index is 0.254. The molecule has 0 bridgehead atoms. The molecule has 20 heavy (non-hydrogen) atoms. The highest BCUT2D eigenvalue weighted by atomic mass is 79.9. The van der Waals surface area contributed by atoms with Crippen molar-refractivity contribution >= 4 is 38.7 Å². The van der Waals surface area contributed by atoms with E-state index in [4.69, 9.17) is 11.6 Å². The van der Waals surface area contributed by atoms with Crippen LogP contribution in [0.1, 0.15) is 33.5 Å². The maximum Gasteiger partial charge on any atom is 0.160 e. The molecule has 2 heterocycles. The Hall–Kier alpha value is -0.610. The number of hydrogen-bond acceptors (Lipinski definition) is 2. The summed E-state index contributed by atoms with van der Waals surface area (Å²) >= 11 is 9.36. The summed E-state index contributed by atoms with van der Waals surface area (Å²) in [6.07, 6.45) is 2.60. The van der Waals surface area contributed by atoms with Crippen LogP contribution in [0, 0.1) is 11.3 Å². The Morgan fingerprint density at radius 1 is 1.40 bits per heavy atom. The summed E-state index contributed by atoms with van der Waals surface area (Å²) in [5.74, 6) is 2.13. The van der Waals surface area contributed by atoms with E-state index in [2.05, 4.69) is 58.2 Å². The standard InChI is InChI=1S/C15H21BrClN3/c1-10(15(2,3)4)9-20-13(5-6-17)19-12-7-11(16)8-18-14(12)20/h7-8,10H,5-6,9H2,1-4H3. The fraction of sp³-hybridized carbons (Fsp3) is 0.600. The molecule has 0 spiro atoms. The van der Waals surface area contributed by atoms with Crippen LogP contribution in [-0.4, -0.2) is 20.4 Å². The number of aryl methyl sites for hydroxylation is 1. The summed E-state index contributed by atoms with van der Waals surface area (Å²) in [7, 11) is 0. The Labute approximate surface area is 133 Å². The number of pyridine rings is 1. The van der Waals surface area contributed by atoms with E-state index in [1.165, 1.54) is 0 Å². The zero-order valence-electron chi connectivity index (χ0n) is 12.5. The third-order valence-corrected chi connectivity index (χ3v) is 4.51. The number of fused-ring (bicyclic) bond motifs is 1. The summed E-state index contributed by atoms with van der Waals surface area (Å²) in [6.45, 7) is 9.99. The first-order valence-electron chi connectivity index (χ1n) is 6.89. The van der Waals surface area contributed by atoms with Crippen molar-refractivity contribution in [2.45, 2.75) is 40.7 Å². The van der Waals surface area contributed by atoms with Crippen LogP contribution >= 0.6 is 27.5 Å². The van der Waals surface area contributed by atoms with Gasteiger partial charge in [0.1, 0.15) is 11.3 Å². The Kier molecular flexibility index (Phi) is 4.75. The van der Waals surface area contributed by atoms with Gasteiger partial charge < -0.3 is 4.57 Å². The molecule has 5 heteroatoms. The predicted octanol–water partition coefficient (Wildman–Crippen LogP) is 4.66. The molecule has 3 nitrogen and oxygen atoms in total. The average molecular weight is 359 g/mol. The van der Waals surface area contributed by atoms with Gasteiger partial charge in [-0.1, -0.05) is 27.7 Å². The highest BCUT2D eigenvalue weighted by Crippen LogP contribution is 2.29. The summed E-state index contributed by atoms with van der Waals surface area (Å²) in [4.78, 5) is 9.21. The lowest BCUT2D eigenvalue weighted by Gasteiger charge is -2.28. The van der Waals surface area contributed by atoms with Gasteiger partial charge in [-0.15, -0.1) is 11.6 Å². The van der Waals surface area contributed by atoms with Crippen molar-refractivity contribution in [3.05, 3.63) is 22.6 Å². The van der Waals surface area contributed by atoms with Crippen LogP contribution in [0.2, 0.25) is 0 Å². The van der Waals surface area contributed by atoms with Crippen molar-refractivity contribution in [1.82, 2.24) is 14.5 Å². The molecule has 0 aliphatic rings. The van der Waals surface area contributed by atoms with Gasteiger partial charge in [0.15, 0.2) is 5.65 Å². The van der Waals surface area contributed by atoms with Crippen molar-refractivity contribution in [3.63, 3.8) is 0 Å². The first kappa shape index (κ1) is 15.8. The minimum Gasteiger partial charge on any atom is -0.312 e. The van der Waals surface area contributed by atoms with Crippen molar-refractivity contribution in [1.29, 1.82) is 0 Å². The van der Waals surface area contributed by atoms with Crippen LogP contribution in [0.15, 0.2) is 16.7 Å². The van der Waals surface area contributed by atoms with E-state index < -0.39 is 0 Å². The summed E-state index contributed by atoms with van der Waals surface area (Å²) in [5.41, 5.74) is 2.13. The first-order valence-corrected chi connectivity index (χ1v) is 8.22. The lowest BCUT2D eigenvalue weighted by molar-refractivity contribution is 0.233. The lowest BCUT2D eigenvalue weighted by atomic mass is 9.82. The molecular formula is C15H21BrClN3. The smallest absolute Gasteiger partial charge is 0.160 e. The largest absolute Gasteiger partial charge is 0.312 e. The number of hydrogen-bond donors (Lipinski definition) is 0. The fourth-order valence-corrected chi connectivity index (χ4v) is 2.54. The van der Waals surface area contributed by atoms with Crippen LogP contribution in [0.25, 0.3) is 11.2 Å². The van der Waals surface area contributed by atoms with E-state index >= 15 is 0 Å². The van der Waals surface area contributed by atoms with Gasteiger partial charge in [0.2, 0.25) is 0 Å². The van der Waals surface area contributed by atoms with Crippen molar-refractivity contribution in [3.8, 4) is 0 Å². The van der Waals surface area contributed by atoms with Crippen LogP contribution < -0.4 is 0 Å². The fourth-order valence-electron chi connectivity index (χ4n) is 2.05. The zero-order valence-corrected chi connectivity index (χ0v) is 14.8. The third kappa shape index (κ3) is 3.34. The SMILES string of the molecule is CC(Cn1c(CCCl)nc2cc(Br)cnc21)C(C)(C)C. The molecular weight excluding hydrogens is 338 g/mol. The molecule has 1 atom stereocenters. The zero-order chi connectivity index (χ0) is 14.9. The molecule has 2 aromatic rings. The molecule has 2 aromatic heterocycles. The topological polar surface area (TPSA) is 30.7 Å². The maximum absolute atomic E-state index is 5.91. The van der Waals surface area contributed by atoms with Gasteiger partial charge in [-0.3, -0.25) is 0 Å². The minimum atomic E-state index is 0.254. The highest BCUT2D eigenvalue weighted by molar-refractivity contribution is 9.10. The van der Waals surface area contributed by atoms with Crippen LogP contribution in [0.5, 0.6) is 0 Å². The quantitative estimate of drug-likeness (QED) is 0.744. The Bertz CT molecular complexity index is 601.